The number of fused-ring (bicyclic) bond motifs is 3. The smallest absolute Gasteiger partial charge is 0.264 e. The summed E-state index contributed by atoms with van der Waals surface area (Å²) < 4.78 is 28.4. The molecule has 2 heterocycles. The van der Waals surface area contributed by atoms with Gasteiger partial charge in [-0.15, -0.1) is 0 Å². The predicted molar refractivity (Wildman–Crippen MR) is 114 cm³/mol. The first kappa shape index (κ1) is 19.6. The van der Waals surface area contributed by atoms with Gasteiger partial charge in [0.25, 0.3) is 10.0 Å². The number of sulfonamides is 1. The van der Waals surface area contributed by atoms with Crippen LogP contribution in [0.25, 0.3) is 0 Å². The first-order chi connectivity index (χ1) is 14.5. The second kappa shape index (κ2) is 7.39. The molecule has 30 heavy (non-hydrogen) atoms. The van der Waals surface area contributed by atoms with Gasteiger partial charge in [-0.3, -0.25) is 9.10 Å². The van der Waals surface area contributed by atoms with Gasteiger partial charge in [0.15, 0.2) is 0 Å². The number of carbonyl (C=O) groups excluding carboxylic acids is 1. The van der Waals surface area contributed by atoms with Crippen molar-refractivity contribution in [2.75, 3.05) is 17.5 Å². The van der Waals surface area contributed by atoms with Crippen LogP contribution in [0, 0.1) is 5.92 Å². The van der Waals surface area contributed by atoms with E-state index >= 15 is 0 Å². The van der Waals surface area contributed by atoms with Gasteiger partial charge in [-0.25, -0.2) is 8.42 Å². The summed E-state index contributed by atoms with van der Waals surface area (Å²) in [6.07, 6.45) is 3.87. The fourth-order valence-corrected chi connectivity index (χ4v) is 7.02. The van der Waals surface area contributed by atoms with Crippen LogP contribution in [0.5, 0.6) is 0 Å². The molecule has 1 saturated carbocycles. The van der Waals surface area contributed by atoms with E-state index in [1.54, 1.807) is 35.2 Å². The molecule has 1 N–H and O–H groups in total. The molecule has 3 atom stereocenters. The van der Waals surface area contributed by atoms with Crippen molar-refractivity contribution in [3.05, 3.63) is 60.2 Å². The van der Waals surface area contributed by atoms with Gasteiger partial charge in [-0.2, -0.15) is 0 Å². The van der Waals surface area contributed by atoms with E-state index in [1.165, 1.54) is 4.31 Å². The maximum atomic E-state index is 13.5. The lowest BCUT2D eigenvalue weighted by Crippen LogP contribution is -2.71. The van der Waals surface area contributed by atoms with E-state index in [0.29, 0.717) is 5.69 Å². The molecule has 6 nitrogen and oxygen atoms in total. The molecule has 1 aliphatic carbocycles. The molecule has 5 rings (SSSR count). The zero-order valence-corrected chi connectivity index (χ0v) is 17.5. The molecule has 0 aromatic heterocycles. The van der Waals surface area contributed by atoms with Gasteiger partial charge in [0.05, 0.1) is 35.8 Å². The molecule has 7 heteroatoms. The Hall–Kier alpha value is -2.38. The highest BCUT2D eigenvalue weighted by atomic mass is 32.2. The highest BCUT2D eigenvalue weighted by Crippen LogP contribution is 2.50. The van der Waals surface area contributed by atoms with Crippen LogP contribution in [0.3, 0.4) is 0 Å². The third-order valence-corrected chi connectivity index (χ3v) is 8.73. The van der Waals surface area contributed by atoms with Crippen LogP contribution in [0.2, 0.25) is 0 Å². The largest absolute Gasteiger partial charge is 0.394 e. The lowest BCUT2D eigenvalue weighted by molar-refractivity contribution is -0.154. The molecular formula is C23H26N2O4S. The first-order valence-corrected chi connectivity index (χ1v) is 12.1. The Morgan fingerprint density at radius 2 is 1.67 bits per heavy atom. The van der Waals surface area contributed by atoms with Gasteiger partial charge in [0.2, 0.25) is 5.91 Å². The third kappa shape index (κ3) is 2.87. The summed E-state index contributed by atoms with van der Waals surface area (Å²) in [6, 6.07) is 15.4. The average molecular weight is 427 g/mol. The van der Waals surface area contributed by atoms with Crippen molar-refractivity contribution in [3.8, 4) is 0 Å². The summed E-state index contributed by atoms with van der Waals surface area (Å²) in [7, 11) is -3.76. The molecule has 3 aliphatic rings. The second-order valence-corrected chi connectivity index (χ2v) is 10.3. The number of carbonyl (C=O) groups is 1. The Morgan fingerprint density at radius 3 is 2.37 bits per heavy atom. The minimum Gasteiger partial charge on any atom is -0.394 e. The molecule has 1 amide bonds. The Morgan fingerprint density at radius 1 is 1.00 bits per heavy atom. The summed E-state index contributed by atoms with van der Waals surface area (Å²) in [5, 5.41) is 10.1. The topological polar surface area (TPSA) is 77.9 Å². The number of hydrogen-bond donors (Lipinski definition) is 1. The molecule has 2 fully saturated rings. The van der Waals surface area contributed by atoms with Crippen molar-refractivity contribution in [2.45, 2.75) is 48.6 Å². The molecule has 0 unspecified atom stereocenters. The summed E-state index contributed by atoms with van der Waals surface area (Å²) >= 11 is 0. The van der Waals surface area contributed by atoms with Crippen LogP contribution in [0.4, 0.5) is 5.69 Å². The van der Waals surface area contributed by atoms with E-state index in [1.807, 2.05) is 24.3 Å². The van der Waals surface area contributed by atoms with Gasteiger partial charge in [-0.05, 0) is 36.6 Å². The Bertz CT molecular complexity index is 1050. The maximum absolute atomic E-state index is 13.5. The van der Waals surface area contributed by atoms with Gasteiger partial charge >= 0.3 is 0 Å². The van der Waals surface area contributed by atoms with E-state index in [4.69, 9.17) is 0 Å². The summed E-state index contributed by atoms with van der Waals surface area (Å²) in [6.45, 7) is 0.104. The van der Waals surface area contributed by atoms with E-state index < -0.39 is 10.0 Å². The molecule has 0 bridgehead atoms. The number of aliphatic hydroxyl groups is 1. The van der Waals surface area contributed by atoms with Gasteiger partial charge in [-0.1, -0.05) is 49.2 Å². The number of aliphatic hydroxyl groups excluding tert-OH is 1. The lowest BCUT2D eigenvalue weighted by Gasteiger charge is -2.59. The Kier molecular flexibility index (Phi) is 4.82. The molecule has 2 aromatic carbocycles. The van der Waals surface area contributed by atoms with E-state index in [0.717, 1.165) is 31.2 Å². The number of para-hydroxylation sites is 1. The number of rotatable bonds is 4. The van der Waals surface area contributed by atoms with Crippen molar-refractivity contribution in [3.63, 3.8) is 0 Å². The van der Waals surface area contributed by atoms with Gasteiger partial charge in [0.1, 0.15) is 0 Å². The Labute approximate surface area is 177 Å². The zero-order valence-electron chi connectivity index (χ0n) is 16.7. The molecular weight excluding hydrogens is 400 g/mol. The van der Waals surface area contributed by atoms with Crippen LogP contribution in [-0.2, 0) is 14.8 Å². The summed E-state index contributed by atoms with van der Waals surface area (Å²) in [4.78, 5) is 15.3. The number of likely N-dealkylation sites (tertiary alicyclic amines) is 1. The standard InChI is InChI=1S/C23H26N2O4S/c26-15-21-22-18-12-6-7-13-19(18)24(30(28,29)17-10-2-1-3-11-17)14-20(22)25(21)23(27)16-8-4-5-9-16/h1-3,6-7,10-13,16,20-22,26H,4-5,8-9,14-15H2/t20-,21+,22+/m0/s1. The molecule has 1 saturated heterocycles. The quantitative estimate of drug-likeness (QED) is 0.816. The van der Waals surface area contributed by atoms with E-state index in [-0.39, 0.29) is 47.9 Å². The number of amides is 1. The van der Waals surface area contributed by atoms with Crippen molar-refractivity contribution >= 4 is 21.6 Å². The second-order valence-electron chi connectivity index (χ2n) is 8.48. The third-order valence-electron chi connectivity index (χ3n) is 6.94. The molecule has 158 valence electrons. The van der Waals surface area contributed by atoms with E-state index in [9.17, 15) is 18.3 Å². The van der Waals surface area contributed by atoms with Crippen LogP contribution in [-0.4, -0.2) is 49.6 Å². The minimum atomic E-state index is -3.76. The highest BCUT2D eigenvalue weighted by molar-refractivity contribution is 7.92. The van der Waals surface area contributed by atoms with Crippen LogP contribution < -0.4 is 4.31 Å². The minimum absolute atomic E-state index is 0.00338. The van der Waals surface area contributed by atoms with E-state index in [2.05, 4.69) is 0 Å². The van der Waals surface area contributed by atoms with Crippen molar-refractivity contribution in [1.82, 2.24) is 4.90 Å². The maximum Gasteiger partial charge on any atom is 0.264 e. The molecule has 2 aromatic rings. The number of nitrogens with zero attached hydrogens (tertiary/aromatic N) is 2. The zero-order chi connectivity index (χ0) is 20.9. The fraction of sp³-hybridized carbons (Fsp3) is 0.435. The number of anilines is 1. The molecule has 0 radical (unpaired) electrons. The average Bonchev–Trinajstić information content (AvgIpc) is 3.29. The SMILES string of the molecule is O=C(C1CCCC1)N1[C@H](CO)[C@@H]2c3ccccc3N(S(=O)(=O)c3ccccc3)C[C@@H]21. The van der Waals surface area contributed by atoms with Crippen LogP contribution in [0.1, 0.15) is 37.2 Å². The normalized spacial score (nSPS) is 26.1. The lowest BCUT2D eigenvalue weighted by atomic mass is 9.72. The molecule has 2 aliphatic heterocycles. The Balaban J connectivity index is 1.55. The number of benzene rings is 2. The number of hydrogen-bond acceptors (Lipinski definition) is 4. The van der Waals surface area contributed by atoms with Crippen LogP contribution in [0.15, 0.2) is 59.5 Å². The highest BCUT2D eigenvalue weighted by Gasteiger charge is 2.56. The van der Waals surface area contributed by atoms with Crippen LogP contribution >= 0.6 is 0 Å². The molecule has 0 spiro atoms. The monoisotopic (exact) mass is 426 g/mol. The first-order valence-electron chi connectivity index (χ1n) is 10.6. The summed E-state index contributed by atoms with van der Waals surface area (Å²) in [5.41, 5.74) is 1.54. The fourth-order valence-electron chi connectivity index (χ4n) is 5.49. The van der Waals surface area contributed by atoms with Gasteiger partial charge < -0.3 is 10.0 Å². The van der Waals surface area contributed by atoms with Crippen molar-refractivity contribution in [2.24, 2.45) is 5.92 Å². The predicted octanol–water partition coefficient (Wildman–Crippen LogP) is 2.74. The van der Waals surface area contributed by atoms with Crippen molar-refractivity contribution < 1.29 is 18.3 Å². The van der Waals surface area contributed by atoms with Crippen molar-refractivity contribution in [1.29, 1.82) is 0 Å². The van der Waals surface area contributed by atoms with Gasteiger partial charge in [0, 0.05) is 11.8 Å². The summed E-state index contributed by atoms with van der Waals surface area (Å²) in [5.74, 6) is 0.0272.